The van der Waals surface area contributed by atoms with Gasteiger partial charge in [-0.1, -0.05) is 23.7 Å². The molecular weight excluding hydrogens is 541 g/mol. The number of benzene rings is 2. The standard InChI is InChI=1S/C25H27ClF5NO4S/c26-16-3-1-15(2-4-16)13-24-9-10-35-20(7-11-37(33,34)12-8-21(32)25(29,30)31)17(24)14-36-23-19(28)6-5-18(27)22(23)24/h1-6,17,20-21H,7-14,32H2/t17-,20-,21?,24-/m0/s1. The van der Waals surface area contributed by atoms with E-state index in [1.165, 1.54) is 0 Å². The van der Waals surface area contributed by atoms with Gasteiger partial charge in [0.15, 0.2) is 11.6 Å². The van der Waals surface area contributed by atoms with Crippen molar-refractivity contribution in [2.75, 3.05) is 24.7 Å². The van der Waals surface area contributed by atoms with Crippen molar-refractivity contribution in [3.8, 4) is 5.75 Å². The van der Waals surface area contributed by atoms with Crippen molar-refractivity contribution in [2.45, 2.75) is 49.4 Å². The lowest BCUT2D eigenvalue weighted by atomic mass is 9.60. The number of alkyl halides is 3. The Labute approximate surface area is 217 Å². The van der Waals surface area contributed by atoms with Crippen LogP contribution in [-0.4, -0.2) is 51.5 Å². The van der Waals surface area contributed by atoms with Crippen molar-refractivity contribution in [2.24, 2.45) is 11.7 Å². The predicted octanol–water partition coefficient (Wildman–Crippen LogP) is 4.98. The second-order valence-electron chi connectivity index (χ2n) is 9.65. The number of hydrogen-bond donors (Lipinski definition) is 1. The van der Waals surface area contributed by atoms with E-state index in [-0.39, 0.29) is 30.9 Å². The maximum Gasteiger partial charge on any atom is 0.403 e. The van der Waals surface area contributed by atoms with Crippen LogP contribution in [0.2, 0.25) is 5.02 Å². The second-order valence-corrected chi connectivity index (χ2v) is 12.4. The minimum absolute atomic E-state index is 0.0355. The molecule has 2 heterocycles. The number of ether oxygens (including phenoxy) is 2. The lowest BCUT2D eigenvalue weighted by Gasteiger charge is -2.51. The Morgan fingerprint density at radius 3 is 2.43 bits per heavy atom. The molecule has 0 radical (unpaired) electrons. The first-order valence-electron chi connectivity index (χ1n) is 11.8. The Hall–Kier alpha value is -1.95. The topological polar surface area (TPSA) is 78.6 Å². The van der Waals surface area contributed by atoms with Gasteiger partial charge in [0.1, 0.15) is 21.7 Å². The Morgan fingerprint density at radius 1 is 1.08 bits per heavy atom. The van der Waals surface area contributed by atoms with Gasteiger partial charge in [-0.2, -0.15) is 13.2 Å². The van der Waals surface area contributed by atoms with Gasteiger partial charge in [-0.25, -0.2) is 17.2 Å². The molecule has 2 aliphatic rings. The number of halogens is 6. The van der Waals surface area contributed by atoms with Crippen molar-refractivity contribution >= 4 is 21.4 Å². The fraction of sp³-hybridized carbons (Fsp3) is 0.520. The molecule has 2 N–H and O–H groups in total. The van der Waals surface area contributed by atoms with Crippen LogP contribution in [0.5, 0.6) is 5.75 Å². The zero-order valence-electron chi connectivity index (χ0n) is 19.7. The second kappa shape index (κ2) is 10.7. The van der Waals surface area contributed by atoms with Crippen molar-refractivity contribution in [1.82, 2.24) is 0 Å². The van der Waals surface area contributed by atoms with Crippen LogP contribution in [0.1, 0.15) is 30.4 Å². The van der Waals surface area contributed by atoms with E-state index in [2.05, 4.69) is 0 Å². The van der Waals surface area contributed by atoms with E-state index in [0.29, 0.717) is 17.9 Å². The van der Waals surface area contributed by atoms with Gasteiger partial charge in [0.25, 0.3) is 0 Å². The van der Waals surface area contributed by atoms with Gasteiger partial charge in [0.05, 0.1) is 24.2 Å². The van der Waals surface area contributed by atoms with Crippen molar-refractivity contribution in [1.29, 1.82) is 0 Å². The largest absolute Gasteiger partial charge is 0.490 e. The van der Waals surface area contributed by atoms with Gasteiger partial charge < -0.3 is 15.2 Å². The SMILES string of the molecule is NC(CCS(=O)(=O)CC[C@@H]1OCC[C@@]2(Cc3ccc(Cl)cc3)c3c(F)ccc(F)c3OC[C@@H]12)C(F)(F)F. The quantitative estimate of drug-likeness (QED) is 0.455. The van der Waals surface area contributed by atoms with Gasteiger partial charge >= 0.3 is 6.18 Å². The molecule has 0 aliphatic carbocycles. The molecule has 37 heavy (non-hydrogen) atoms. The number of sulfone groups is 1. The summed E-state index contributed by atoms with van der Waals surface area (Å²) in [7, 11) is -3.88. The number of rotatable bonds is 8. The van der Waals surface area contributed by atoms with E-state index < -0.39 is 69.1 Å². The Morgan fingerprint density at radius 2 is 1.76 bits per heavy atom. The smallest absolute Gasteiger partial charge is 0.403 e. The molecule has 0 amide bonds. The Balaban J connectivity index is 1.61. The highest BCUT2D eigenvalue weighted by molar-refractivity contribution is 7.91. The van der Waals surface area contributed by atoms with Crippen LogP contribution in [0.3, 0.4) is 0 Å². The Kier molecular flexibility index (Phi) is 8.09. The maximum absolute atomic E-state index is 15.3. The minimum Gasteiger partial charge on any atom is -0.490 e. The third-order valence-electron chi connectivity index (χ3n) is 7.31. The molecule has 1 saturated heterocycles. The van der Waals surface area contributed by atoms with Crippen molar-refractivity contribution < 1.29 is 39.8 Å². The molecule has 204 valence electrons. The van der Waals surface area contributed by atoms with Crippen molar-refractivity contribution in [3.05, 3.63) is 64.2 Å². The number of nitrogens with two attached hydrogens (primary N) is 1. The molecule has 0 saturated carbocycles. The summed E-state index contributed by atoms with van der Waals surface area (Å²) in [5.74, 6) is -3.19. The van der Waals surface area contributed by atoms with E-state index >= 15 is 4.39 Å². The minimum atomic E-state index is -4.69. The molecule has 4 rings (SSSR count). The van der Waals surface area contributed by atoms with Gasteiger partial charge in [-0.3, -0.25) is 0 Å². The summed E-state index contributed by atoms with van der Waals surface area (Å²) < 4.78 is 105. The summed E-state index contributed by atoms with van der Waals surface area (Å²) in [6, 6.07) is 6.78. The first-order valence-corrected chi connectivity index (χ1v) is 14.0. The molecule has 4 atom stereocenters. The van der Waals surface area contributed by atoms with Gasteiger partial charge in [-0.15, -0.1) is 0 Å². The van der Waals surface area contributed by atoms with E-state index in [1.807, 2.05) is 0 Å². The lowest BCUT2D eigenvalue weighted by Crippen LogP contribution is -2.55. The molecule has 0 spiro atoms. The molecule has 0 bridgehead atoms. The van der Waals surface area contributed by atoms with Gasteiger partial charge in [-0.05, 0) is 55.5 Å². The summed E-state index contributed by atoms with van der Waals surface area (Å²) in [6.45, 7) is 0.119. The molecule has 0 aromatic heterocycles. The summed E-state index contributed by atoms with van der Waals surface area (Å²) in [4.78, 5) is 0. The van der Waals surface area contributed by atoms with Crippen LogP contribution < -0.4 is 10.5 Å². The molecule has 2 aliphatic heterocycles. The van der Waals surface area contributed by atoms with Crippen LogP contribution in [0, 0.1) is 17.6 Å². The molecule has 1 unspecified atom stereocenters. The molecule has 2 aromatic rings. The van der Waals surface area contributed by atoms with Crippen LogP contribution in [-0.2, 0) is 26.4 Å². The normalized spacial score (nSPS) is 24.6. The molecular formula is C25H27ClF5NO4S. The van der Waals surface area contributed by atoms with Crippen LogP contribution >= 0.6 is 11.6 Å². The highest BCUT2D eigenvalue weighted by atomic mass is 35.5. The Bertz CT molecular complexity index is 1220. The predicted molar refractivity (Wildman–Crippen MR) is 128 cm³/mol. The lowest BCUT2D eigenvalue weighted by molar-refractivity contribution is -0.147. The van der Waals surface area contributed by atoms with Gasteiger partial charge in [0.2, 0.25) is 0 Å². The van der Waals surface area contributed by atoms with Crippen LogP contribution in [0.4, 0.5) is 22.0 Å². The van der Waals surface area contributed by atoms with E-state index in [4.69, 9.17) is 26.8 Å². The average molecular weight is 568 g/mol. The highest BCUT2D eigenvalue weighted by Crippen LogP contribution is 2.52. The van der Waals surface area contributed by atoms with E-state index in [9.17, 15) is 26.0 Å². The zero-order chi connectivity index (χ0) is 27.0. The summed E-state index contributed by atoms with van der Waals surface area (Å²) >= 11 is 6.02. The van der Waals surface area contributed by atoms with Crippen LogP contribution in [0.15, 0.2) is 36.4 Å². The number of hydrogen-bond acceptors (Lipinski definition) is 5. The molecule has 2 aromatic carbocycles. The van der Waals surface area contributed by atoms with Crippen LogP contribution in [0.25, 0.3) is 0 Å². The van der Waals surface area contributed by atoms with E-state index in [1.54, 1.807) is 24.3 Å². The maximum atomic E-state index is 15.3. The average Bonchev–Trinajstić information content (AvgIpc) is 2.84. The molecule has 12 heteroatoms. The summed E-state index contributed by atoms with van der Waals surface area (Å²) in [5.41, 5.74) is 5.00. The number of fused-ring (bicyclic) bond motifs is 3. The highest BCUT2D eigenvalue weighted by Gasteiger charge is 2.53. The molecule has 5 nitrogen and oxygen atoms in total. The first kappa shape index (κ1) is 28.1. The third kappa shape index (κ3) is 6.05. The first-order chi connectivity index (χ1) is 17.3. The molecule has 1 fully saturated rings. The van der Waals surface area contributed by atoms with Gasteiger partial charge in [0, 0.05) is 28.5 Å². The summed E-state index contributed by atoms with van der Waals surface area (Å²) in [5, 5.41) is 0.516. The van der Waals surface area contributed by atoms with Crippen molar-refractivity contribution in [3.63, 3.8) is 0 Å². The van der Waals surface area contributed by atoms with E-state index in [0.717, 1.165) is 17.7 Å². The zero-order valence-corrected chi connectivity index (χ0v) is 21.3. The fourth-order valence-electron chi connectivity index (χ4n) is 5.37. The monoisotopic (exact) mass is 567 g/mol. The summed E-state index contributed by atoms with van der Waals surface area (Å²) in [6.07, 6.45) is -5.54. The third-order valence-corrected chi connectivity index (χ3v) is 9.28. The fourth-order valence-corrected chi connectivity index (χ4v) is 6.90.